The molecule has 1 aromatic carbocycles. The Morgan fingerprint density at radius 2 is 2.00 bits per heavy atom. The molecule has 0 unspecified atom stereocenters. The van der Waals surface area contributed by atoms with E-state index in [-0.39, 0.29) is 6.61 Å². The SMILES string of the molecule is CCOc1ccc(C2=CCN(CCOCCO)CC2)cc1. The molecule has 1 aliphatic rings. The fourth-order valence-electron chi connectivity index (χ4n) is 2.47. The van der Waals surface area contributed by atoms with Gasteiger partial charge in [-0.15, -0.1) is 0 Å². The maximum Gasteiger partial charge on any atom is 0.119 e. The van der Waals surface area contributed by atoms with Crippen molar-refractivity contribution in [3.63, 3.8) is 0 Å². The summed E-state index contributed by atoms with van der Waals surface area (Å²) in [5.74, 6) is 0.931. The van der Waals surface area contributed by atoms with Gasteiger partial charge in [0.25, 0.3) is 0 Å². The highest BCUT2D eigenvalue weighted by Gasteiger charge is 2.12. The van der Waals surface area contributed by atoms with Gasteiger partial charge in [-0.2, -0.15) is 0 Å². The first-order valence-corrected chi connectivity index (χ1v) is 7.66. The highest BCUT2D eigenvalue weighted by Crippen LogP contribution is 2.24. The smallest absolute Gasteiger partial charge is 0.119 e. The van der Waals surface area contributed by atoms with Crippen molar-refractivity contribution < 1.29 is 14.6 Å². The summed E-state index contributed by atoms with van der Waals surface area (Å²) in [4.78, 5) is 2.37. The number of aliphatic hydroxyl groups excluding tert-OH is 1. The fourth-order valence-corrected chi connectivity index (χ4v) is 2.47. The first-order valence-electron chi connectivity index (χ1n) is 7.66. The van der Waals surface area contributed by atoms with Gasteiger partial charge < -0.3 is 14.6 Å². The van der Waals surface area contributed by atoms with Crippen LogP contribution >= 0.6 is 0 Å². The Kier molecular flexibility index (Phi) is 6.73. The van der Waals surface area contributed by atoms with Gasteiger partial charge in [-0.3, -0.25) is 4.90 Å². The summed E-state index contributed by atoms with van der Waals surface area (Å²) in [5.41, 5.74) is 2.69. The largest absolute Gasteiger partial charge is 0.494 e. The molecule has 0 atom stereocenters. The number of rotatable bonds is 8. The number of nitrogens with zero attached hydrogens (tertiary/aromatic N) is 1. The van der Waals surface area contributed by atoms with Gasteiger partial charge in [-0.25, -0.2) is 0 Å². The molecule has 21 heavy (non-hydrogen) atoms. The molecular weight excluding hydrogens is 266 g/mol. The molecule has 2 rings (SSSR count). The molecule has 0 radical (unpaired) electrons. The minimum Gasteiger partial charge on any atom is -0.494 e. The summed E-state index contributed by atoms with van der Waals surface area (Å²) >= 11 is 0. The molecule has 1 aromatic rings. The van der Waals surface area contributed by atoms with E-state index in [4.69, 9.17) is 14.6 Å². The number of benzene rings is 1. The van der Waals surface area contributed by atoms with Crippen molar-refractivity contribution in [3.8, 4) is 5.75 Å². The monoisotopic (exact) mass is 291 g/mol. The normalized spacial score (nSPS) is 15.8. The van der Waals surface area contributed by atoms with E-state index in [0.29, 0.717) is 19.8 Å². The maximum absolute atomic E-state index is 8.66. The molecule has 116 valence electrons. The maximum atomic E-state index is 8.66. The zero-order valence-electron chi connectivity index (χ0n) is 12.8. The van der Waals surface area contributed by atoms with E-state index in [1.807, 2.05) is 19.1 Å². The first kappa shape index (κ1) is 16.0. The third-order valence-corrected chi connectivity index (χ3v) is 3.62. The number of hydrogen-bond donors (Lipinski definition) is 1. The van der Waals surface area contributed by atoms with E-state index in [0.717, 1.165) is 31.8 Å². The van der Waals surface area contributed by atoms with Crippen molar-refractivity contribution in [1.82, 2.24) is 4.90 Å². The van der Waals surface area contributed by atoms with Crippen LogP contribution in [0.15, 0.2) is 30.3 Å². The average molecular weight is 291 g/mol. The number of ether oxygens (including phenoxy) is 2. The topological polar surface area (TPSA) is 41.9 Å². The van der Waals surface area contributed by atoms with Crippen LogP contribution in [0.2, 0.25) is 0 Å². The second-order valence-electron chi connectivity index (χ2n) is 5.07. The van der Waals surface area contributed by atoms with Gasteiger partial charge in [-0.05, 0) is 36.6 Å². The quantitative estimate of drug-likeness (QED) is 0.746. The van der Waals surface area contributed by atoms with Crippen LogP contribution in [0.25, 0.3) is 5.57 Å². The minimum atomic E-state index is 0.0990. The molecule has 0 amide bonds. The van der Waals surface area contributed by atoms with Gasteiger partial charge in [0.1, 0.15) is 5.75 Å². The predicted octanol–water partition coefficient (Wildman–Crippen LogP) is 2.18. The highest BCUT2D eigenvalue weighted by atomic mass is 16.5. The molecule has 0 aliphatic carbocycles. The van der Waals surface area contributed by atoms with Crippen molar-refractivity contribution in [3.05, 3.63) is 35.9 Å². The molecule has 1 N–H and O–H groups in total. The second-order valence-corrected chi connectivity index (χ2v) is 5.07. The Hall–Kier alpha value is -1.36. The summed E-state index contributed by atoms with van der Waals surface area (Å²) in [5, 5.41) is 8.66. The van der Waals surface area contributed by atoms with Crippen LogP contribution in [-0.4, -0.2) is 56.1 Å². The Bertz CT molecular complexity index is 442. The van der Waals surface area contributed by atoms with Gasteiger partial charge in [0, 0.05) is 19.6 Å². The van der Waals surface area contributed by atoms with Crippen molar-refractivity contribution in [2.24, 2.45) is 0 Å². The second kappa shape index (κ2) is 8.82. The van der Waals surface area contributed by atoms with E-state index in [1.54, 1.807) is 0 Å². The first-order chi connectivity index (χ1) is 10.3. The lowest BCUT2D eigenvalue weighted by molar-refractivity contribution is 0.0757. The Morgan fingerprint density at radius 3 is 2.62 bits per heavy atom. The lowest BCUT2D eigenvalue weighted by Crippen LogP contribution is -2.31. The molecule has 1 aliphatic heterocycles. The third kappa shape index (κ3) is 5.16. The number of hydrogen-bond acceptors (Lipinski definition) is 4. The van der Waals surface area contributed by atoms with Crippen molar-refractivity contribution in [2.45, 2.75) is 13.3 Å². The molecular formula is C17H25NO3. The van der Waals surface area contributed by atoms with Gasteiger partial charge >= 0.3 is 0 Å². The van der Waals surface area contributed by atoms with Gasteiger partial charge in [0.2, 0.25) is 0 Å². The predicted molar refractivity (Wildman–Crippen MR) is 84.5 cm³/mol. The van der Waals surface area contributed by atoms with Gasteiger partial charge in [0.15, 0.2) is 0 Å². The van der Waals surface area contributed by atoms with E-state index in [2.05, 4.69) is 23.1 Å². The van der Waals surface area contributed by atoms with Crippen LogP contribution < -0.4 is 4.74 Å². The van der Waals surface area contributed by atoms with Crippen molar-refractivity contribution in [1.29, 1.82) is 0 Å². The summed E-state index contributed by atoms with van der Waals surface area (Å²) in [6, 6.07) is 8.34. The molecule has 0 aromatic heterocycles. The van der Waals surface area contributed by atoms with Crippen molar-refractivity contribution in [2.75, 3.05) is 46.1 Å². The molecule has 4 nitrogen and oxygen atoms in total. The summed E-state index contributed by atoms with van der Waals surface area (Å²) in [6.07, 6.45) is 3.36. The number of aliphatic hydroxyl groups is 1. The zero-order valence-corrected chi connectivity index (χ0v) is 12.8. The average Bonchev–Trinajstić information content (AvgIpc) is 2.53. The van der Waals surface area contributed by atoms with E-state index >= 15 is 0 Å². The lowest BCUT2D eigenvalue weighted by Gasteiger charge is -2.26. The molecule has 1 heterocycles. The molecule has 4 heteroatoms. The Balaban J connectivity index is 1.81. The summed E-state index contributed by atoms with van der Waals surface area (Å²) in [6.45, 7) is 6.86. The van der Waals surface area contributed by atoms with E-state index in [1.165, 1.54) is 11.1 Å². The van der Waals surface area contributed by atoms with Crippen LogP contribution in [-0.2, 0) is 4.74 Å². The Morgan fingerprint density at radius 1 is 1.19 bits per heavy atom. The van der Waals surface area contributed by atoms with Crippen LogP contribution in [0, 0.1) is 0 Å². The molecule has 0 saturated heterocycles. The lowest BCUT2D eigenvalue weighted by atomic mass is 9.99. The summed E-state index contributed by atoms with van der Waals surface area (Å²) < 4.78 is 10.8. The van der Waals surface area contributed by atoms with Crippen LogP contribution in [0.5, 0.6) is 5.75 Å². The summed E-state index contributed by atoms with van der Waals surface area (Å²) in [7, 11) is 0. The molecule has 0 bridgehead atoms. The third-order valence-electron chi connectivity index (χ3n) is 3.62. The van der Waals surface area contributed by atoms with Crippen LogP contribution in [0.3, 0.4) is 0 Å². The van der Waals surface area contributed by atoms with Gasteiger partial charge in [-0.1, -0.05) is 18.2 Å². The van der Waals surface area contributed by atoms with E-state index in [9.17, 15) is 0 Å². The van der Waals surface area contributed by atoms with Crippen LogP contribution in [0.4, 0.5) is 0 Å². The Labute approximate surface area is 127 Å². The zero-order chi connectivity index (χ0) is 14.9. The molecule has 0 saturated carbocycles. The van der Waals surface area contributed by atoms with Crippen LogP contribution in [0.1, 0.15) is 18.9 Å². The molecule has 0 spiro atoms. The van der Waals surface area contributed by atoms with Gasteiger partial charge in [0.05, 0.1) is 26.4 Å². The molecule has 0 fully saturated rings. The standard InChI is InChI=1S/C17H25NO3/c1-2-21-17-5-3-15(4-6-17)16-7-9-18(10-8-16)11-13-20-14-12-19/h3-7,19H,2,8-14H2,1H3. The fraction of sp³-hybridized carbons (Fsp3) is 0.529. The van der Waals surface area contributed by atoms with E-state index < -0.39 is 0 Å². The highest BCUT2D eigenvalue weighted by molar-refractivity contribution is 5.67. The minimum absolute atomic E-state index is 0.0990. The van der Waals surface area contributed by atoms with Crippen molar-refractivity contribution >= 4 is 5.57 Å².